The number of benzene rings is 1. The molecule has 0 unspecified atom stereocenters. The van der Waals surface area contributed by atoms with Crippen LogP contribution in [0.2, 0.25) is 0 Å². The topological polar surface area (TPSA) is 55.6 Å². The van der Waals surface area contributed by atoms with E-state index in [4.69, 9.17) is 0 Å². The number of nitrogens with one attached hydrogen (secondary N) is 1. The smallest absolute Gasteiger partial charge is 0.406 e. The summed E-state index contributed by atoms with van der Waals surface area (Å²) in [6.45, 7) is 1.72. The van der Waals surface area contributed by atoms with Gasteiger partial charge < -0.3 is 10.1 Å². The van der Waals surface area contributed by atoms with E-state index in [1.807, 2.05) is 5.38 Å². The number of thiazole rings is 1. The molecule has 120 valence electrons. The number of nitrogens with zero attached hydrogens (tertiary/aromatic N) is 2. The van der Waals surface area contributed by atoms with Gasteiger partial charge in [0.1, 0.15) is 11.4 Å². The summed E-state index contributed by atoms with van der Waals surface area (Å²) in [7, 11) is 0. The van der Waals surface area contributed by atoms with Crippen LogP contribution in [0.5, 0.6) is 5.75 Å². The molecule has 2 heterocycles. The Morgan fingerprint density at radius 3 is 2.65 bits per heavy atom. The zero-order chi connectivity index (χ0) is 16.6. The second kappa shape index (κ2) is 5.58. The standard InChI is InChI=1S/C14H10F3N3O2S/c1-8-11(20-6-7-23-13(20)18-8)12(21)19-9-2-4-10(5-3-9)22-14(15,16)17/h2-7H,1H3,(H,19,21). The normalized spacial score (nSPS) is 11.7. The number of rotatable bonds is 3. The Bertz CT molecular complexity index is 852. The van der Waals surface area contributed by atoms with Crippen LogP contribution in [0.1, 0.15) is 16.2 Å². The third-order valence-electron chi connectivity index (χ3n) is 3.00. The van der Waals surface area contributed by atoms with E-state index in [9.17, 15) is 18.0 Å². The molecule has 23 heavy (non-hydrogen) atoms. The number of imidazole rings is 1. The molecule has 0 saturated heterocycles. The second-order valence-corrected chi connectivity index (χ2v) is 5.50. The number of carbonyl (C=O) groups excluding carboxylic acids is 1. The molecular formula is C14H10F3N3O2S. The highest BCUT2D eigenvalue weighted by Gasteiger charge is 2.31. The van der Waals surface area contributed by atoms with Crippen molar-refractivity contribution < 1.29 is 22.7 Å². The van der Waals surface area contributed by atoms with Crippen molar-refractivity contribution in [3.63, 3.8) is 0 Å². The first-order valence-corrected chi connectivity index (χ1v) is 7.31. The van der Waals surface area contributed by atoms with Gasteiger partial charge in [-0.05, 0) is 31.2 Å². The number of carbonyl (C=O) groups is 1. The molecule has 2 aromatic heterocycles. The Balaban J connectivity index is 1.78. The maximum Gasteiger partial charge on any atom is 0.573 e. The molecule has 1 amide bonds. The lowest BCUT2D eigenvalue weighted by Crippen LogP contribution is -2.17. The molecule has 1 aromatic carbocycles. The van der Waals surface area contributed by atoms with Crippen molar-refractivity contribution in [1.29, 1.82) is 0 Å². The highest BCUT2D eigenvalue weighted by Crippen LogP contribution is 2.24. The fourth-order valence-electron chi connectivity index (χ4n) is 2.10. The van der Waals surface area contributed by atoms with Crippen LogP contribution in [0.25, 0.3) is 4.96 Å². The molecule has 1 N–H and O–H groups in total. The first-order valence-electron chi connectivity index (χ1n) is 6.43. The predicted molar refractivity (Wildman–Crippen MR) is 78.9 cm³/mol. The van der Waals surface area contributed by atoms with Gasteiger partial charge >= 0.3 is 6.36 Å². The fraction of sp³-hybridized carbons (Fsp3) is 0.143. The summed E-state index contributed by atoms with van der Waals surface area (Å²) in [5.74, 6) is -0.742. The molecule has 0 saturated carbocycles. The van der Waals surface area contributed by atoms with Crippen LogP contribution in [0.3, 0.4) is 0 Å². The molecule has 0 aliphatic rings. The van der Waals surface area contributed by atoms with E-state index in [0.29, 0.717) is 22.0 Å². The summed E-state index contributed by atoms with van der Waals surface area (Å²) in [5, 5.41) is 4.43. The number of halogens is 3. The van der Waals surface area contributed by atoms with Gasteiger partial charge in [0, 0.05) is 17.3 Å². The van der Waals surface area contributed by atoms with Gasteiger partial charge in [-0.1, -0.05) is 0 Å². The molecule has 3 rings (SSSR count). The summed E-state index contributed by atoms with van der Waals surface area (Å²) >= 11 is 1.40. The van der Waals surface area contributed by atoms with Gasteiger partial charge in [0.2, 0.25) is 0 Å². The zero-order valence-electron chi connectivity index (χ0n) is 11.7. The lowest BCUT2D eigenvalue weighted by atomic mass is 10.2. The lowest BCUT2D eigenvalue weighted by Gasteiger charge is -2.10. The van der Waals surface area contributed by atoms with Crippen molar-refractivity contribution in [2.45, 2.75) is 13.3 Å². The zero-order valence-corrected chi connectivity index (χ0v) is 12.5. The van der Waals surface area contributed by atoms with Crippen LogP contribution in [0.4, 0.5) is 18.9 Å². The summed E-state index contributed by atoms with van der Waals surface area (Å²) in [5.41, 5.74) is 1.32. The van der Waals surface area contributed by atoms with Crippen LogP contribution in [0, 0.1) is 6.92 Å². The number of anilines is 1. The summed E-state index contributed by atoms with van der Waals surface area (Å²) < 4.78 is 41.7. The molecule has 0 spiro atoms. The van der Waals surface area contributed by atoms with E-state index in [1.54, 1.807) is 17.5 Å². The molecule has 5 nitrogen and oxygen atoms in total. The number of alkyl halides is 3. The van der Waals surface area contributed by atoms with E-state index in [2.05, 4.69) is 15.0 Å². The third kappa shape index (κ3) is 3.29. The van der Waals surface area contributed by atoms with Crippen LogP contribution in [-0.2, 0) is 0 Å². The minimum Gasteiger partial charge on any atom is -0.406 e. The lowest BCUT2D eigenvalue weighted by molar-refractivity contribution is -0.274. The van der Waals surface area contributed by atoms with Gasteiger partial charge in [-0.3, -0.25) is 9.20 Å². The monoisotopic (exact) mass is 341 g/mol. The summed E-state index contributed by atoms with van der Waals surface area (Å²) in [4.78, 5) is 17.3. The molecule has 0 aliphatic heterocycles. The van der Waals surface area contributed by atoms with Crippen molar-refractivity contribution in [2.75, 3.05) is 5.32 Å². The third-order valence-corrected chi connectivity index (χ3v) is 3.75. The average Bonchev–Trinajstić information content (AvgIpc) is 2.98. The first-order chi connectivity index (χ1) is 10.8. The van der Waals surface area contributed by atoms with Crippen molar-refractivity contribution >= 4 is 27.9 Å². The number of hydrogen-bond acceptors (Lipinski definition) is 4. The van der Waals surface area contributed by atoms with Crippen LogP contribution < -0.4 is 10.1 Å². The largest absolute Gasteiger partial charge is 0.573 e. The van der Waals surface area contributed by atoms with Crippen LogP contribution in [0.15, 0.2) is 35.8 Å². The Morgan fingerprint density at radius 2 is 2.00 bits per heavy atom. The van der Waals surface area contributed by atoms with Gasteiger partial charge in [0.25, 0.3) is 5.91 Å². The van der Waals surface area contributed by atoms with Crippen LogP contribution in [-0.4, -0.2) is 21.7 Å². The van der Waals surface area contributed by atoms with E-state index in [1.165, 1.54) is 23.5 Å². The average molecular weight is 341 g/mol. The Labute approximate surface area is 132 Å². The number of amides is 1. The summed E-state index contributed by atoms with van der Waals surface area (Å²) in [6, 6.07) is 4.93. The molecule has 0 fully saturated rings. The van der Waals surface area contributed by atoms with E-state index in [-0.39, 0.29) is 5.75 Å². The maximum absolute atomic E-state index is 12.3. The first kappa shape index (κ1) is 15.3. The Hall–Kier alpha value is -2.55. The number of hydrogen-bond donors (Lipinski definition) is 1. The minimum absolute atomic E-state index is 0.351. The van der Waals surface area contributed by atoms with E-state index >= 15 is 0 Å². The van der Waals surface area contributed by atoms with Gasteiger partial charge in [0.15, 0.2) is 4.96 Å². The summed E-state index contributed by atoms with van der Waals surface area (Å²) in [6.07, 6.45) is -3.01. The molecule has 9 heteroatoms. The highest BCUT2D eigenvalue weighted by molar-refractivity contribution is 7.15. The Morgan fingerprint density at radius 1 is 1.30 bits per heavy atom. The van der Waals surface area contributed by atoms with Crippen molar-refractivity contribution in [3.05, 3.63) is 47.2 Å². The molecule has 0 bridgehead atoms. The molecule has 0 radical (unpaired) electrons. The molecular weight excluding hydrogens is 331 g/mol. The molecule has 3 aromatic rings. The number of aromatic nitrogens is 2. The Kier molecular flexibility index (Phi) is 3.72. The predicted octanol–water partition coefficient (Wildman–Crippen LogP) is 3.86. The highest BCUT2D eigenvalue weighted by atomic mass is 32.1. The van der Waals surface area contributed by atoms with Crippen molar-refractivity contribution in [2.24, 2.45) is 0 Å². The number of aryl methyl sites for hydroxylation is 1. The van der Waals surface area contributed by atoms with Crippen LogP contribution >= 0.6 is 11.3 Å². The fourth-order valence-corrected chi connectivity index (χ4v) is 2.86. The van der Waals surface area contributed by atoms with Gasteiger partial charge in [0.05, 0.1) is 5.69 Å². The van der Waals surface area contributed by atoms with Gasteiger partial charge in [-0.15, -0.1) is 24.5 Å². The second-order valence-electron chi connectivity index (χ2n) is 4.63. The minimum atomic E-state index is -4.75. The number of ether oxygens (including phenoxy) is 1. The quantitative estimate of drug-likeness (QED) is 0.787. The number of fused-ring (bicyclic) bond motifs is 1. The van der Waals surface area contributed by atoms with E-state index < -0.39 is 12.3 Å². The molecule has 0 aliphatic carbocycles. The van der Waals surface area contributed by atoms with Gasteiger partial charge in [-0.25, -0.2) is 4.98 Å². The van der Waals surface area contributed by atoms with Gasteiger partial charge in [-0.2, -0.15) is 0 Å². The van der Waals surface area contributed by atoms with Crippen molar-refractivity contribution in [1.82, 2.24) is 9.38 Å². The maximum atomic E-state index is 12.3. The molecule has 0 atom stereocenters. The SMILES string of the molecule is Cc1nc2sccn2c1C(=O)Nc1ccc(OC(F)(F)F)cc1. The van der Waals surface area contributed by atoms with E-state index in [0.717, 1.165) is 12.1 Å². The van der Waals surface area contributed by atoms with Crippen molar-refractivity contribution in [3.8, 4) is 5.75 Å².